The van der Waals surface area contributed by atoms with Crippen molar-refractivity contribution < 1.29 is 12.9 Å². The fraction of sp³-hybridized carbons (Fsp3) is 0.357. The van der Waals surface area contributed by atoms with Crippen LogP contribution in [0.3, 0.4) is 0 Å². The second-order valence-corrected chi connectivity index (χ2v) is 7.07. The minimum absolute atomic E-state index is 0.359. The molecule has 3 rings (SSSR count). The van der Waals surface area contributed by atoms with Gasteiger partial charge in [-0.05, 0) is 30.4 Å². The van der Waals surface area contributed by atoms with E-state index < -0.39 is 10.0 Å². The van der Waals surface area contributed by atoms with Crippen molar-refractivity contribution in [2.75, 3.05) is 6.54 Å². The molecule has 106 valence electrons. The van der Waals surface area contributed by atoms with Crippen molar-refractivity contribution >= 4 is 10.0 Å². The van der Waals surface area contributed by atoms with Gasteiger partial charge in [-0.3, -0.25) is 0 Å². The van der Waals surface area contributed by atoms with Crippen molar-refractivity contribution in [3.63, 3.8) is 0 Å². The van der Waals surface area contributed by atoms with E-state index in [4.69, 9.17) is 4.52 Å². The van der Waals surface area contributed by atoms with Crippen molar-refractivity contribution in [3.05, 3.63) is 53.4 Å². The summed E-state index contributed by atoms with van der Waals surface area (Å²) in [7, 11) is -3.28. The predicted octanol–water partition coefficient (Wildman–Crippen LogP) is 1.30. The molecule has 1 heterocycles. The first-order valence-corrected chi connectivity index (χ1v) is 8.13. The standard InChI is InChI=1S/C14H16N2O3S/c17-20(18,16-6-5-11-9-15-19-10-11)14-7-12-3-1-2-4-13(12)8-14/h1-4,9-10,14,16H,5-8H2. The van der Waals surface area contributed by atoms with Gasteiger partial charge in [0, 0.05) is 12.1 Å². The monoisotopic (exact) mass is 292 g/mol. The lowest BCUT2D eigenvalue weighted by Crippen LogP contribution is -2.36. The van der Waals surface area contributed by atoms with Crippen LogP contribution in [0.25, 0.3) is 0 Å². The molecule has 0 spiro atoms. The topological polar surface area (TPSA) is 72.2 Å². The van der Waals surface area contributed by atoms with E-state index in [1.54, 1.807) is 6.20 Å². The third-order valence-electron chi connectivity index (χ3n) is 3.65. The molecular weight excluding hydrogens is 276 g/mol. The number of hydrogen-bond acceptors (Lipinski definition) is 4. The molecule has 1 aliphatic carbocycles. The normalized spacial score (nSPS) is 15.4. The SMILES string of the molecule is O=S(=O)(NCCc1cnoc1)C1Cc2ccccc2C1. The molecule has 20 heavy (non-hydrogen) atoms. The first kappa shape index (κ1) is 13.3. The van der Waals surface area contributed by atoms with Crippen LogP contribution in [-0.4, -0.2) is 25.4 Å². The quantitative estimate of drug-likeness (QED) is 0.901. The minimum Gasteiger partial charge on any atom is -0.364 e. The van der Waals surface area contributed by atoms with Gasteiger partial charge in [0.2, 0.25) is 10.0 Å². The second-order valence-electron chi connectivity index (χ2n) is 5.02. The predicted molar refractivity (Wildman–Crippen MR) is 74.8 cm³/mol. The van der Waals surface area contributed by atoms with E-state index in [2.05, 4.69) is 9.88 Å². The van der Waals surface area contributed by atoms with E-state index in [-0.39, 0.29) is 5.25 Å². The van der Waals surface area contributed by atoms with E-state index in [9.17, 15) is 8.42 Å². The summed E-state index contributed by atoms with van der Waals surface area (Å²) in [4.78, 5) is 0. The number of nitrogens with zero attached hydrogens (tertiary/aromatic N) is 1. The number of nitrogens with one attached hydrogen (secondary N) is 1. The summed E-state index contributed by atoms with van der Waals surface area (Å²) in [6.07, 6.45) is 4.90. The van der Waals surface area contributed by atoms with Crippen LogP contribution in [0, 0.1) is 0 Å². The molecule has 0 atom stereocenters. The van der Waals surface area contributed by atoms with Crippen molar-refractivity contribution in [1.82, 2.24) is 9.88 Å². The van der Waals surface area contributed by atoms with Gasteiger partial charge in [0.25, 0.3) is 0 Å². The molecule has 0 radical (unpaired) electrons. The van der Waals surface area contributed by atoms with Crippen molar-refractivity contribution in [2.45, 2.75) is 24.5 Å². The van der Waals surface area contributed by atoms with Gasteiger partial charge in [-0.1, -0.05) is 29.4 Å². The highest BCUT2D eigenvalue weighted by molar-refractivity contribution is 7.90. The molecule has 1 N–H and O–H groups in total. The molecule has 0 saturated carbocycles. The van der Waals surface area contributed by atoms with E-state index in [1.807, 2.05) is 24.3 Å². The Balaban J connectivity index is 1.59. The first-order chi connectivity index (χ1) is 9.65. The third kappa shape index (κ3) is 2.76. The molecule has 1 aliphatic rings. The zero-order valence-corrected chi connectivity index (χ0v) is 11.8. The fourth-order valence-electron chi connectivity index (χ4n) is 2.54. The van der Waals surface area contributed by atoms with E-state index in [0.717, 1.165) is 16.7 Å². The van der Waals surface area contributed by atoms with Gasteiger partial charge in [-0.2, -0.15) is 0 Å². The van der Waals surface area contributed by atoms with Crippen LogP contribution in [0.2, 0.25) is 0 Å². The Morgan fingerprint density at radius 1 is 1.25 bits per heavy atom. The van der Waals surface area contributed by atoms with Crippen molar-refractivity contribution in [2.24, 2.45) is 0 Å². The average molecular weight is 292 g/mol. The molecule has 0 saturated heterocycles. The van der Waals surface area contributed by atoms with Crippen molar-refractivity contribution in [3.8, 4) is 0 Å². The summed E-state index contributed by atoms with van der Waals surface area (Å²) in [5.41, 5.74) is 3.17. The highest BCUT2D eigenvalue weighted by Crippen LogP contribution is 2.25. The molecule has 0 amide bonds. The molecule has 1 aromatic carbocycles. The minimum atomic E-state index is -3.28. The van der Waals surface area contributed by atoms with Crippen LogP contribution >= 0.6 is 0 Å². The number of aromatic nitrogens is 1. The molecule has 0 bridgehead atoms. The Labute approximate surface area is 118 Å². The van der Waals surface area contributed by atoms with Gasteiger partial charge in [0.15, 0.2) is 0 Å². The molecule has 0 aliphatic heterocycles. The van der Waals surface area contributed by atoms with Gasteiger partial charge >= 0.3 is 0 Å². The third-order valence-corrected chi connectivity index (χ3v) is 5.47. The summed E-state index contributed by atoms with van der Waals surface area (Å²) in [6, 6.07) is 7.91. The molecule has 5 nitrogen and oxygen atoms in total. The Morgan fingerprint density at radius 2 is 1.95 bits per heavy atom. The smallest absolute Gasteiger partial charge is 0.215 e. The molecule has 1 aromatic heterocycles. The molecule has 0 fully saturated rings. The summed E-state index contributed by atoms with van der Waals surface area (Å²) >= 11 is 0. The highest BCUT2D eigenvalue weighted by Gasteiger charge is 2.31. The zero-order valence-electron chi connectivity index (χ0n) is 11.0. The number of fused-ring (bicyclic) bond motifs is 1. The molecular formula is C14H16N2O3S. The van der Waals surface area contributed by atoms with Crippen LogP contribution in [-0.2, 0) is 29.3 Å². The zero-order chi connectivity index (χ0) is 14.0. The fourth-order valence-corrected chi connectivity index (χ4v) is 3.96. The van der Waals surface area contributed by atoms with Crippen LogP contribution < -0.4 is 4.72 Å². The summed E-state index contributed by atoms with van der Waals surface area (Å²) < 4.78 is 31.9. The lowest BCUT2D eigenvalue weighted by atomic mass is 10.1. The number of sulfonamides is 1. The van der Waals surface area contributed by atoms with Crippen LogP contribution in [0.5, 0.6) is 0 Å². The number of rotatable bonds is 5. The molecule has 2 aromatic rings. The van der Waals surface area contributed by atoms with E-state index >= 15 is 0 Å². The lowest BCUT2D eigenvalue weighted by molar-refractivity contribution is 0.419. The van der Waals surface area contributed by atoms with Gasteiger partial charge < -0.3 is 4.52 Å². The average Bonchev–Trinajstić information content (AvgIpc) is 3.07. The van der Waals surface area contributed by atoms with E-state index in [1.165, 1.54) is 6.26 Å². The summed E-state index contributed by atoms with van der Waals surface area (Å²) in [6.45, 7) is 0.371. The number of hydrogen-bond donors (Lipinski definition) is 1. The summed E-state index contributed by atoms with van der Waals surface area (Å²) in [5.74, 6) is 0. The van der Waals surface area contributed by atoms with Gasteiger partial charge in [-0.25, -0.2) is 13.1 Å². The molecule has 6 heteroatoms. The Kier molecular flexibility index (Phi) is 3.58. The Morgan fingerprint density at radius 3 is 2.55 bits per heavy atom. The maximum Gasteiger partial charge on any atom is 0.215 e. The van der Waals surface area contributed by atoms with Crippen LogP contribution in [0.15, 0.2) is 41.2 Å². The first-order valence-electron chi connectivity index (χ1n) is 6.59. The largest absolute Gasteiger partial charge is 0.364 e. The lowest BCUT2D eigenvalue weighted by Gasteiger charge is -2.11. The number of benzene rings is 1. The Bertz CT molecular complexity index is 655. The maximum atomic E-state index is 12.3. The highest BCUT2D eigenvalue weighted by atomic mass is 32.2. The van der Waals surface area contributed by atoms with E-state index in [0.29, 0.717) is 25.8 Å². The molecule has 0 unspecified atom stereocenters. The van der Waals surface area contributed by atoms with Crippen LogP contribution in [0.1, 0.15) is 16.7 Å². The maximum absolute atomic E-state index is 12.3. The van der Waals surface area contributed by atoms with Gasteiger partial charge in [0.05, 0.1) is 11.4 Å². The van der Waals surface area contributed by atoms with Crippen molar-refractivity contribution in [1.29, 1.82) is 0 Å². The van der Waals surface area contributed by atoms with Gasteiger partial charge in [0.1, 0.15) is 6.26 Å². The van der Waals surface area contributed by atoms with Crippen LogP contribution in [0.4, 0.5) is 0 Å². The second kappa shape index (κ2) is 5.38. The summed E-state index contributed by atoms with van der Waals surface area (Å²) in [5, 5.41) is 3.23. The van der Waals surface area contributed by atoms with Gasteiger partial charge in [-0.15, -0.1) is 0 Å². The Hall–Kier alpha value is -1.66.